The molecule has 2 aromatic rings. The van der Waals surface area contributed by atoms with Crippen molar-refractivity contribution in [3.63, 3.8) is 0 Å². The van der Waals surface area contributed by atoms with Crippen molar-refractivity contribution in [2.75, 3.05) is 20.8 Å². The number of esters is 1. The Morgan fingerprint density at radius 1 is 1.07 bits per heavy atom. The van der Waals surface area contributed by atoms with E-state index >= 15 is 0 Å². The van der Waals surface area contributed by atoms with Crippen molar-refractivity contribution >= 4 is 34.2 Å². The zero-order valence-electron chi connectivity index (χ0n) is 22.4. The Labute approximate surface area is 232 Å². The maximum Gasteiger partial charge on any atom is 0.312 e. The molecule has 3 fully saturated rings. The standard InChI is InChI=1S/C28H27NO12/c1-11-15(30)4-5-18(39-11)41-26-10-38-27(37-3)8-17(32)40-28(26,27)24(35)21-13(23(26)34)6-12-7-16(31)20-14(19(12)22(21)33)9-29(2)25(20)36/h6-7,11,15,18,30-31,33H,4-5,8-10H2,1-3H3/t11-,15-,18-,26?,27?,28?/m0/s1. The number of nitrogens with zero attached hydrogens (tertiary/aromatic N) is 1. The van der Waals surface area contributed by atoms with E-state index in [2.05, 4.69) is 0 Å². The van der Waals surface area contributed by atoms with Crippen LogP contribution in [0.5, 0.6) is 11.5 Å². The number of aromatic hydroxyl groups is 2. The molecule has 0 radical (unpaired) electrons. The fraction of sp³-hybridized carbons (Fsp3) is 0.500. The normalized spacial score (nSPS) is 35.9. The third-order valence-corrected chi connectivity index (χ3v) is 9.12. The SMILES string of the molecule is COC12CC(=O)OC13C(=O)c1c(cc4cc(O)c5c(c4c1O)CN(C)C5=O)C(=O)C3(O[C@H]1CC[C@H](O)[C@H](C)O1)CO2. The zero-order chi connectivity index (χ0) is 29.2. The van der Waals surface area contributed by atoms with E-state index in [-0.39, 0.29) is 52.6 Å². The minimum Gasteiger partial charge on any atom is -0.507 e. The van der Waals surface area contributed by atoms with Gasteiger partial charge in [0.05, 0.1) is 29.9 Å². The van der Waals surface area contributed by atoms with E-state index in [0.717, 1.165) is 0 Å². The summed E-state index contributed by atoms with van der Waals surface area (Å²) in [6.45, 7) is 1.13. The molecule has 2 aromatic carbocycles. The predicted molar refractivity (Wildman–Crippen MR) is 134 cm³/mol. The number of rotatable bonds is 3. The second-order valence-corrected chi connectivity index (χ2v) is 11.3. The van der Waals surface area contributed by atoms with Crippen molar-refractivity contribution < 1.29 is 58.2 Å². The predicted octanol–water partition coefficient (Wildman–Crippen LogP) is 0.915. The molecule has 5 aliphatic rings. The van der Waals surface area contributed by atoms with Crippen LogP contribution in [0.2, 0.25) is 0 Å². The monoisotopic (exact) mass is 569 g/mol. The number of fused-ring (bicyclic) bond motifs is 4. The van der Waals surface area contributed by atoms with Crippen LogP contribution in [-0.2, 0) is 35.0 Å². The van der Waals surface area contributed by atoms with Crippen LogP contribution in [0.3, 0.4) is 0 Å². The third-order valence-electron chi connectivity index (χ3n) is 9.12. The van der Waals surface area contributed by atoms with Gasteiger partial charge in [0, 0.05) is 38.1 Å². The molecule has 0 saturated carbocycles. The van der Waals surface area contributed by atoms with E-state index < -0.39 is 83.3 Å². The molecule has 13 heteroatoms. The van der Waals surface area contributed by atoms with Crippen molar-refractivity contribution in [1.29, 1.82) is 0 Å². The fourth-order valence-corrected chi connectivity index (χ4v) is 7.10. The highest BCUT2D eigenvalue weighted by Gasteiger charge is 2.86. The molecule has 216 valence electrons. The minimum absolute atomic E-state index is 0.0193. The molecule has 0 aromatic heterocycles. The molecule has 4 heterocycles. The number of Topliss-reactive ketones (excluding diaryl/α,β-unsaturated/α-hetero) is 2. The molecule has 3 saturated heterocycles. The summed E-state index contributed by atoms with van der Waals surface area (Å²) in [6.07, 6.45) is -2.58. The number of ketones is 2. The summed E-state index contributed by atoms with van der Waals surface area (Å²) in [5, 5.41) is 32.8. The highest BCUT2D eigenvalue weighted by Crippen LogP contribution is 2.61. The molecule has 1 amide bonds. The van der Waals surface area contributed by atoms with E-state index in [1.807, 2.05) is 0 Å². The van der Waals surface area contributed by atoms with Crippen LogP contribution in [-0.4, -0.2) is 99.9 Å². The number of aliphatic hydroxyl groups excluding tert-OH is 1. The van der Waals surface area contributed by atoms with Crippen LogP contribution in [0, 0.1) is 0 Å². The lowest BCUT2D eigenvalue weighted by molar-refractivity contribution is -0.277. The Balaban J connectivity index is 1.49. The van der Waals surface area contributed by atoms with Crippen LogP contribution in [0.4, 0.5) is 0 Å². The lowest BCUT2D eigenvalue weighted by atomic mass is 9.65. The first-order chi connectivity index (χ1) is 19.4. The average Bonchev–Trinajstić information content (AvgIpc) is 3.50. The summed E-state index contributed by atoms with van der Waals surface area (Å²) in [7, 11) is 2.73. The molecule has 3 N–H and O–H groups in total. The first kappa shape index (κ1) is 26.3. The van der Waals surface area contributed by atoms with Gasteiger partial charge in [-0.3, -0.25) is 19.2 Å². The number of hydrogen-bond donors (Lipinski definition) is 3. The van der Waals surface area contributed by atoms with Gasteiger partial charge in [-0.05, 0) is 36.4 Å². The van der Waals surface area contributed by atoms with Crippen molar-refractivity contribution in [3.05, 3.63) is 34.4 Å². The largest absolute Gasteiger partial charge is 0.507 e. The van der Waals surface area contributed by atoms with Crippen LogP contribution in [0.1, 0.15) is 62.8 Å². The Bertz CT molecular complexity index is 1600. The van der Waals surface area contributed by atoms with Crippen molar-refractivity contribution in [2.24, 2.45) is 0 Å². The number of ether oxygens (including phenoxy) is 5. The van der Waals surface area contributed by atoms with Crippen LogP contribution >= 0.6 is 0 Å². The van der Waals surface area contributed by atoms with Crippen LogP contribution in [0.15, 0.2) is 12.1 Å². The number of carbonyl (C=O) groups is 4. The second kappa shape index (κ2) is 8.23. The molecule has 7 rings (SSSR count). The molecule has 1 aliphatic carbocycles. The quantitative estimate of drug-likeness (QED) is 0.446. The summed E-state index contributed by atoms with van der Waals surface area (Å²) in [6, 6.07) is 2.58. The summed E-state index contributed by atoms with van der Waals surface area (Å²) in [5.74, 6) is -6.14. The van der Waals surface area contributed by atoms with E-state index in [9.17, 15) is 34.5 Å². The van der Waals surface area contributed by atoms with E-state index in [1.165, 1.54) is 31.2 Å². The lowest BCUT2D eigenvalue weighted by Gasteiger charge is -2.47. The average molecular weight is 570 g/mol. The fourth-order valence-electron chi connectivity index (χ4n) is 7.10. The van der Waals surface area contributed by atoms with Gasteiger partial charge in [-0.15, -0.1) is 0 Å². The number of hydrogen-bond acceptors (Lipinski definition) is 12. The number of methoxy groups -OCH3 is 1. The molecule has 41 heavy (non-hydrogen) atoms. The number of aliphatic hydroxyl groups is 1. The molecule has 13 nitrogen and oxygen atoms in total. The Morgan fingerprint density at radius 3 is 2.54 bits per heavy atom. The van der Waals surface area contributed by atoms with Crippen LogP contribution in [0.25, 0.3) is 10.8 Å². The van der Waals surface area contributed by atoms with Gasteiger partial charge in [0.1, 0.15) is 17.9 Å². The van der Waals surface area contributed by atoms with Gasteiger partial charge in [-0.2, -0.15) is 0 Å². The molecular formula is C28H27NO12. The van der Waals surface area contributed by atoms with Gasteiger partial charge in [0.15, 0.2) is 6.29 Å². The number of phenols is 2. The van der Waals surface area contributed by atoms with Gasteiger partial charge in [0.2, 0.25) is 23.0 Å². The molecule has 6 atom stereocenters. The highest BCUT2D eigenvalue weighted by molar-refractivity contribution is 6.28. The highest BCUT2D eigenvalue weighted by atomic mass is 16.8. The smallest absolute Gasteiger partial charge is 0.312 e. The number of phenolic OH excluding ortho intramolecular Hbond substituents is 2. The third kappa shape index (κ3) is 2.97. The van der Waals surface area contributed by atoms with Crippen molar-refractivity contribution in [1.82, 2.24) is 4.90 Å². The molecule has 3 unspecified atom stereocenters. The number of benzene rings is 2. The first-order valence-corrected chi connectivity index (χ1v) is 13.2. The van der Waals surface area contributed by atoms with Gasteiger partial charge in [-0.1, -0.05) is 0 Å². The molecular weight excluding hydrogens is 542 g/mol. The summed E-state index contributed by atoms with van der Waals surface area (Å²) in [4.78, 5) is 56.1. The van der Waals surface area contributed by atoms with Gasteiger partial charge < -0.3 is 43.9 Å². The van der Waals surface area contributed by atoms with E-state index in [1.54, 1.807) is 6.92 Å². The van der Waals surface area contributed by atoms with Crippen molar-refractivity contribution in [3.8, 4) is 11.5 Å². The van der Waals surface area contributed by atoms with Gasteiger partial charge >= 0.3 is 5.97 Å². The molecule has 4 aliphatic heterocycles. The first-order valence-electron chi connectivity index (χ1n) is 13.2. The summed E-state index contributed by atoms with van der Waals surface area (Å²) < 4.78 is 29.4. The lowest BCUT2D eigenvalue weighted by Crippen LogP contribution is -2.73. The topological polar surface area (TPSA) is 178 Å². The van der Waals surface area contributed by atoms with Gasteiger partial charge in [-0.25, -0.2) is 0 Å². The minimum atomic E-state index is -2.48. The van der Waals surface area contributed by atoms with E-state index in [4.69, 9.17) is 23.7 Å². The zero-order valence-corrected chi connectivity index (χ0v) is 22.4. The van der Waals surface area contributed by atoms with Gasteiger partial charge in [0.25, 0.3) is 11.5 Å². The Kier molecular flexibility index (Phi) is 5.28. The summed E-state index contributed by atoms with van der Waals surface area (Å²) >= 11 is 0. The summed E-state index contributed by atoms with van der Waals surface area (Å²) in [5.41, 5.74) is -5.16. The van der Waals surface area contributed by atoms with E-state index in [0.29, 0.717) is 0 Å². The maximum absolute atomic E-state index is 14.6. The number of carbonyl (C=O) groups excluding carboxylic acids is 4. The second-order valence-electron chi connectivity index (χ2n) is 11.3. The Hall–Kier alpha value is -3.62. The molecule has 1 spiro atoms. The molecule has 0 bridgehead atoms. The van der Waals surface area contributed by atoms with Crippen molar-refractivity contribution in [2.45, 2.75) is 68.2 Å². The van der Waals surface area contributed by atoms with Crippen LogP contribution < -0.4 is 0 Å². The Morgan fingerprint density at radius 2 is 1.83 bits per heavy atom. The maximum atomic E-state index is 14.6. The number of amides is 1.